The number of urea groups is 1. The number of anilines is 1. The zero-order valence-corrected chi connectivity index (χ0v) is 9.33. The molecule has 92 valence electrons. The Hall–Kier alpha value is -2.24. The molecule has 1 atom stereocenters. The van der Waals surface area contributed by atoms with Gasteiger partial charge in [-0.1, -0.05) is 19.1 Å². The van der Waals surface area contributed by atoms with Gasteiger partial charge in [-0.05, 0) is 12.1 Å². The number of rotatable bonds is 4. The largest absolute Gasteiger partial charge is 0.506 e. The van der Waals surface area contributed by atoms with E-state index in [-0.39, 0.29) is 18.0 Å². The van der Waals surface area contributed by atoms with E-state index in [1.807, 2.05) is 0 Å². The zero-order valence-electron chi connectivity index (χ0n) is 9.33. The molecule has 0 heterocycles. The molecule has 1 rings (SSSR count). The molecule has 1 aromatic carbocycles. The molecule has 0 radical (unpaired) electrons. The van der Waals surface area contributed by atoms with Gasteiger partial charge in [-0.3, -0.25) is 9.69 Å². The van der Waals surface area contributed by atoms with Gasteiger partial charge in [0.15, 0.2) is 0 Å². The summed E-state index contributed by atoms with van der Waals surface area (Å²) in [7, 11) is 0. The third-order valence-electron chi connectivity index (χ3n) is 2.32. The molecule has 6 heteroatoms. The molecule has 17 heavy (non-hydrogen) atoms. The van der Waals surface area contributed by atoms with Crippen LogP contribution in [0.15, 0.2) is 24.3 Å². The minimum absolute atomic E-state index is 0.0950. The number of carbonyl (C=O) groups excluding carboxylic acids is 1. The van der Waals surface area contributed by atoms with E-state index in [0.717, 1.165) is 4.90 Å². The normalized spacial score (nSPS) is 11.8. The van der Waals surface area contributed by atoms with Gasteiger partial charge in [0, 0.05) is 6.54 Å². The van der Waals surface area contributed by atoms with Crippen molar-refractivity contribution in [1.29, 1.82) is 0 Å². The van der Waals surface area contributed by atoms with Crippen LogP contribution < -0.4 is 10.6 Å². The van der Waals surface area contributed by atoms with Crippen LogP contribution in [-0.2, 0) is 4.79 Å². The second kappa shape index (κ2) is 5.20. The molecule has 2 amide bonds. The summed E-state index contributed by atoms with van der Waals surface area (Å²) in [5.41, 5.74) is 5.37. The van der Waals surface area contributed by atoms with Gasteiger partial charge in [-0.25, -0.2) is 4.79 Å². The van der Waals surface area contributed by atoms with Crippen molar-refractivity contribution in [3.05, 3.63) is 24.3 Å². The average molecular weight is 238 g/mol. The maximum absolute atomic E-state index is 11.3. The lowest BCUT2D eigenvalue weighted by Crippen LogP contribution is -2.40. The predicted octanol–water partition coefficient (Wildman–Crippen LogP) is 0.998. The van der Waals surface area contributed by atoms with Crippen molar-refractivity contribution in [3.8, 4) is 5.75 Å². The Kier molecular flexibility index (Phi) is 3.92. The quantitative estimate of drug-likeness (QED) is 0.727. The molecule has 0 saturated heterocycles. The van der Waals surface area contributed by atoms with Crippen molar-refractivity contribution in [1.82, 2.24) is 0 Å². The van der Waals surface area contributed by atoms with E-state index in [0.29, 0.717) is 0 Å². The van der Waals surface area contributed by atoms with Crippen LogP contribution >= 0.6 is 0 Å². The predicted molar refractivity (Wildman–Crippen MR) is 61.8 cm³/mol. The molecule has 0 aromatic heterocycles. The lowest BCUT2D eigenvalue weighted by molar-refractivity contribution is -0.140. The first-order chi connectivity index (χ1) is 7.93. The number of benzene rings is 1. The van der Waals surface area contributed by atoms with Crippen molar-refractivity contribution in [2.75, 3.05) is 11.4 Å². The molecule has 0 aliphatic heterocycles. The summed E-state index contributed by atoms with van der Waals surface area (Å²) in [6.07, 6.45) is 0. The lowest BCUT2D eigenvalue weighted by Gasteiger charge is -2.23. The van der Waals surface area contributed by atoms with Gasteiger partial charge in [0.05, 0.1) is 11.6 Å². The first-order valence-corrected chi connectivity index (χ1v) is 5.01. The summed E-state index contributed by atoms with van der Waals surface area (Å²) in [4.78, 5) is 23.0. The minimum atomic E-state index is -1.04. The van der Waals surface area contributed by atoms with E-state index in [1.165, 1.54) is 19.1 Å². The van der Waals surface area contributed by atoms with E-state index in [9.17, 15) is 14.7 Å². The van der Waals surface area contributed by atoms with Gasteiger partial charge in [0.1, 0.15) is 5.75 Å². The third kappa shape index (κ3) is 3.10. The maximum atomic E-state index is 11.3. The number of hydrogen-bond donors (Lipinski definition) is 3. The second-order valence-corrected chi connectivity index (χ2v) is 3.68. The number of carbonyl (C=O) groups is 2. The van der Waals surface area contributed by atoms with Crippen LogP contribution in [0, 0.1) is 5.92 Å². The van der Waals surface area contributed by atoms with E-state index in [1.54, 1.807) is 12.1 Å². The summed E-state index contributed by atoms with van der Waals surface area (Å²) < 4.78 is 0. The van der Waals surface area contributed by atoms with Gasteiger partial charge in [0.2, 0.25) is 0 Å². The Morgan fingerprint density at radius 3 is 2.47 bits per heavy atom. The summed E-state index contributed by atoms with van der Waals surface area (Å²) >= 11 is 0. The molecule has 0 bridgehead atoms. The number of carboxylic acids is 1. The monoisotopic (exact) mass is 238 g/mol. The van der Waals surface area contributed by atoms with Gasteiger partial charge in [-0.15, -0.1) is 0 Å². The Labute approximate surface area is 98.3 Å². The van der Waals surface area contributed by atoms with Crippen molar-refractivity contribution in [3.63, 3.8) is 0 Å². The highest BCUT2D eigenvalue weighted by Gasteiger charge is 2.21. The van der Waals surface area contributed by atoms with Gasteiger partial charge >= 0.3 is 12.0 Å². The number of phenols is 1. The number of phenolic OH excluding ortho intramolecular Hbond substituents is 1. The molecule has 0 fully saturated rings. The fourth-order valence-corrected chi connectivity index (χ4v) is 1.35. The molecular weight excluding hydrogens is 224 g/mol. The van der Waals surface area contributed by atoms with Crippen LogP contribution in [0.5, 0.6) is 5.75 Å². The molecule has 0 aliphatic rings. The van der Waals surface area contributed by atoms with Crippen molar-refractivity contribution in [2.45, 2.75) is 6.92 Å². The van der Waals surface area contributed by atoms with Crippen LogP contribution in [0.3, 0.4) is 0 Å². The van der Waals surface area contributed by atoms with Crippen LogP contribution in [0.1, 0.15) is 6.92 Å². The SMILES string of the molecule is C[C@H](CN(C(N)=O)c1ccccc1O)C(=O)O. The molecular formula is C11H14N2O4. The number of amides is 2. The smallest absolute Gasteiger partial charge is 0.319 e. The number of hydrogen-bond acceptors (Lipinski definition) is 3. The number of aromatic hydroxyl groups is 1. The number of nitrogens with zero attached hydrogens (tertiary/aromatic N) is 1. The Bertz CT molecular complexity index is 433. The molecule has 0 saturated carbocycles. The topological polar surface area (TPSA) is 104 Å². The summed E-state index contributed by atoms with van der Waals surface area (Å²) in [5, 5.41) is 18.4. The molecule has 0 aliphatic carbocycles. The first kappa shape index (κ1) is 12.8. The molecule has 1 aromatic rings. The molecule has 4 N–H and O–H groups in total. The van der Waals surface area contributed by atoms with Crippen LogP contribution in [0.2, 0.25) is 0 Å². The fraction of sp³-hybridized carbons (Fsp3) is 0.273. The van der Waals surface area contributed by atoms with Crippen LogP contribution in [-0.4, -0.2) is 28.8 Å². The Balaban J connectivity index is 2.99. The van der Waals surface area contributed by atoms with Crippen molar-refractivity contribution < 1.29 is 19.8 Å². The summed E-state index contributed by atoms with van der Waals surface area (Å²) in [6.45, 7) is 1.36. The van der Waals surface area contributed by atoms with Crippen LogP contribution in [0.25, 0.3) is 0 Å². The van der Waals surface area contributed by atoms with E-state index in [4.69, 9.17) is 10.8 Å². The van der Waals surface area contributed by atoms with Gasteiger partial charge < -0.3 is 15.9 Å². The maximum Gasteiger partial charge on any atom is 0.319 e. The van der Waals surface area contributed by atoms with Gasteiger partial charge in [-0.2, -0.15) is 0 Å². The highest BCUT2D eigenvalue weighted by Crippen LogP contribution is 2.26. The Morgan fingerprint density at radius 1 is 1.41 bits per heavy atom. The molecule has 6 nitrogen and oxygen atoms in total. The molecule has 0 unspecified atom stereocenters. The van der Waals surface area contributed by atoms with E-state index >= 15 is 0 Å². The van der Waals surface area contributed by atoms with E-state index in [2.05, 4.69) is 0 Å². The zero-order chi connectivity index (χ0) is 13.0. The standard InChI is InChI=1S/C11H14N2O4/c1-7(10(15)16)6-13(11(12)17)8-4-2-3-5-9(8)14/h2-5,7,14H,6H2,1H3,(H2,12,17)(H,15,16)/t7-/m1/s1. The summed E-state index contributed by atoms with van der Waals surface area (Å²) in [5.74, 6) is -1.93. The average Bonchev–Trinajstić information content (AvgIpc) is 2.26. The fourth-order valence-electron chi connectivity index (χ4n) is 1.35. The number of para-hydroxylation sites is 2. The van der Waals surface area contributed by atoms with Crippen molar-refractivity contribution >= 4 is 17.7 Å². The molecule has 0 spiro atoms. The highest BCUT2D eigenvalue weighted by molar-refractivity contribution is 5.93. The Morgan fingerprint density at radius 2 is 2.00 bits per heavy atom. The second-order valence-electron chi connectivity index (χ2n) is 3.68. The number of aliphatic carboxylic acids is 1. The lowest BCUT2D eigenvalue weighted by atomic mass is 10.1. The number of primary amides is 1. The minimum Gasteiger partial charge on any atom is -0.506 e. The van der Waals surface area contributed by atoms with Crippen LogP contribution in [0.4, 0.5) is 10.5 Å². The van der Waals surface area contributed by atoms with E-state index < -0.39 is 17.9 Å². The summed E-state index contributed by atoms with van der Waals surface area (Å²) in [6, 6.07) is 5.31. The number of carboxylic acid groups (broad SMARTS) is 1. The number of nitrogens with two attached hydrogens (primary N) is 1. The van der Waals surface area contributed by atoms with Crippen molar-refractivity contribution in [2.24, 2.45) is 11.7 Å². The highest BCUT2D eigenvalue weighted by atomic mass is 16.4. The first-order valence-electron chi connectivity index (χ1n) is 5.01. The van der Waals surface area contributed by atoms with Gasteiger partial charge in [0.25, 0.3) is 0 Å². The third-order valence-corrected chi connectivity index (χ3v) is 2.32.